The Kier molecular flexibility index (Phi) is 4.43. The zero-order chi connectivity index (χ0) is 19.1. The highest BCUT2D eigenvalue weighted by Gasteiger charge is 2.30. The number of hydrogen-bond donors (Lipinski definition) is 1. The molecule has 0 spiro atoms. The Labute approximate surface area is 148 Å². The maximum Gasteiger partial charge on any atom is 0.416 e. The molecule has 0 radical (unpaired) electrons. The van der Waals surface area contributed by atoms with E-state index in [9.17, 15) is 26.4 Å². The van der Waals surface area contributed by atoms with E-state index in [4.69, 9.17) is 0 Å². The number of rotatable bonds is 3. The Morgan fingerprint density at radius 3 is 2.35 bits per heavy atom. The van der Waals surface area contributed by atoms with E-state index in [1.807, 2.05) is 0 Å². The number of alkyl halides is 3. The molecular formula is C17H15F3N2O3S. The van der Waals surface area contributed by atoms with Crippen LogP contribution in [0.1, 0.15) is 21.5 Å². The monoisotopic (exact) mass is 384 g/mol. The van der Waals surface area contributed by atoms with Crippen molar-refractivity contribution >= 4 is 27.3 Å². The summed E-state index contributed by atoms with van der Waals surface area (Å²) in [6.45, 7) is 0.318. The first-order valence-electron chi connectivity index (χ1n) is 7.65. The van der Waals surface area contributed by atoms with Crippen molar-refractivity contribution in [3.63, 3.8) is 0 Å². The molecule has 0 fully saturated rings. The molecule has 1 heterocycles. The van der Waals surface area contributed by atoms with E-state index in [-0.39, 0.29) is 5.69 Å². The summed E-state index contributed by atoms with van der Waals surface area (Å²) in [5, 5.41) is 2.53. The summed E-state index contributed by atoms with van der Waals surface area (Å²) < 4.78 is 62.4. The van der Waals surface area contributed by atoms with E-state index in [0.717, 1.165) is 24.0 Å². The highest BCUT2D eigenvalue weighted by Crippen LogP contribution is 2.32. The average molecular weight is 384 g/mol. The molecule has 2 aromatic carbocycles. The van der Waals surface area contributed by atoms with Gasteiger partial charge < -0.3 is 5.32 Å². The number of nitrogens with one attached hydrogen (secondary N) is 1. The molecule has 0 aliphatic carbocycles. The Morgan fingerprint density at radius 1 is 1.12 bits per heavy atom. The van der Waals surface area contributed by atoms with E-state index in [0.29, 0.717) is 24.2 Å². The van der Waals surface area contributed by atoms with Crippen molar-refractivity contribution in [3.05, 3.63) is 59.2 Å². The Hall–Kier alpha value is -2.55. The molecule has 5 nitrogen and oxygen atoms in total. The SMILES string of the molecule is CS(=O)(=O)N1CCc2cc(C(=O)Nc3ccc(C(F)(F)F)cc3)ccc21. The maximum absolute atomic E-state index is 12.6. The van der Waals surface area contributed by atoms with E-state index < -0.39 is 27.7 Å². The molecule has 0 bridgehead atoms. The van der Waals surface area contributed by atoms with Crippen LogP contribution in [0.3, 0.4) is 0 Å². The van der Waals surface area contributed by atoms with Crippen LogP contribution >= 0.6 is 0 Å². The summed E-state index contributed by atoms with van der Waals surface area (Å²) >= 11 is 0. The van der Waals surface area contributed by atoms with Gasteiger partial charge in [-0.05, 0) is 54.4 Å². The predicted octanol–water partition coefficient (Wildman–Crippen LogP) is 3.28. The van der Waals surface area contributed by atoms with Gasteiger partial charge in [-0.15, -0.1) is 0 Å². The summed E-state index contributed by atoms with van der Waals surface area (Å²) in [4.78, 5) is 12.3. The number of hydrogen-bond acceptors (Lipinski definition) is 3. The standard InChI is InChI=1S/C17H15F3N2O3S/c1-26(24,25)22-9-8-11-10-12(2-7-15(11)22)16(23)21-14-5-3-13(4-6-14)17(18,19)20/h2-7,10H,8-9H2,1H3,(H,21,23). The van der Waals surface area contributed by atoms with Crippen LogP contribution in [0, 0.1) is 0 Å². The smallest absolute Gasteiger partial charge is 0.322 e. The molecule has 1 aliphatic rings. The summed E-state index contributed by atoms with van der Waals surface area (Å²) in [5.74, 6) is -0.481. The first-order chi connectivity index (χ1) is 12.1. The molecule has 1 N–H and O–H groups in total. The molecule has 0 aromatic heterocycles. The van der Waals surface area contributed by atoms with Crippen LogP contribution in [-0.2, 0) is 22.6 Å². The lowest BCUT2D eigenvalue weighted by Crippen LogP contribution is -2.27. The number of fused-ring (bicyclic) bond motifs is 1. The number of carbonyl (C=O) groups is 1. The first kappa shape index (κ1) is 18.2. The summed E-state index contributed by atoms with van der Waals surface area (Å²) in [5.41, 5.74) is 1.02. The van der Waals surface area contributed by atoms with Gasteiger partial charge in [0.25, 0.3) is 5.91 Å². The van der Waals surface area contributed by atoms with Crippen LogP contribution in [0.15, 0.2) is 42.5 Å². The Morgan fingerprint density at radius 2 is 1.77 bits per heavy atom. The molecule has 0 saturated carbocycles. The van der Waals surface area contributed by atoms with E-state index in [2.05, 4.69) is 5.32 Å². The molecule has 2 aromatic rings. The van der Waals surface area contributed by atoms with Crippen molar-refractivity contribution in [3.8, 4) is 0 Å². The van der Waals surface area contributed by atoms with Gasteiger partial charge in [0.1, 0.15) is 0 Å². The number of nitrogens with zero attached hydrogens (tertiary/aromatic N) is 1. The third kappa shape index (κ3) is 3.67. The van der Waals surface area contributed by atoms with Gasteiger partial charge in [-0.3, -0.25) is 9.10 Å². The van der Waals surface area contributed by atoms with Crippen molar-refractivity contribution in [2.75, 3.05) is 22.4 Å². The Balaban J connectivity index is 1.77. The predicted molar refractivity (Wildman–Crippen MR) is 91.7 cm³/mol. The molecule has 1 aliphatic heterocycles. The fourth-order valence-electron chi connectivity index (χ4n) is 2.80. The molecule has 3 rings (SSSR count). The van der Waals surface area contributed by atoms with Crippen molar-refractivity contribution in [2.24, 2.45) is 0 Å². The van der Waals surface area contributed by atoms with Crippen LogP contribution in [0.2, 0.25) is 0 Å². The van der Waals surface area contributed by atoms with Gasteiger partial charge in [0.05, 0.1) is 17.5 Å². The van der Waals surface area contributed by atoms with Crippen LogP contribution < -0.4 is 9.62 Å². The van der Waals surface area contributed by atoms with Gasteiger partial charge in [0.15, 0.2) is 0 Å². The quantitative estimate of drug-likeness (QED) is 0.883. The van der Waals surface area contributed by atoms with Crippen LogP contribution in [0.4, 0.5) is 24.5 Å². The second-order valence-corrected chi connectivity index (χ2v) is 7.86. The minimum atomic E-state index is -4.44. The van der Waals surface area contributed by atoms with E-state index >= 15 is 0 Å². The van der Waals surface area contributed by atoms with Gasteiger partial charge in [0, 0.05) is 17.8 Å². The second-order valence-electron chi connectivity index (χ2n) is 5.96. The van der Waals surface area contributed by atoms with Crippen LogP contribution in [0.5, 0.6) is 0 Å². The third-order valence-electron chi connectivity index (χ3n) is 4.07. The van der Waals surface area contributed by atoms with Crippen molar-refractivity contribution in [2.45, 2.75) is 12.6 Å². The second kappa shape index (κ2) is 6.31. The number of carbonyl (C=O) groups excluding carboxylic acids is 1. The molecule has 0 unspecified atom stereocenters. The van der Waals surface area contributed by atoms with Gasteiger partial charge in [-0.1, -0.05) is 0 Å². The number of anilines is 2. The van der Waals surface area contributed by atoms with Crippen molar-refractivity contribution in [1.29, 1.82) is 0 Å². The number of sulfonamides is 1. The number of halogens is 3. The van der Waals surface area contributed by atoms with Crippen molar-refractivity contribution in [1.82, 2.24) is 0 Å². The fraction of sp³-hybridized carbons (Fsp3) is 0.235. The lowest BCUT2D eigenvalue weighted by Gasteiger charge is -2.16. The largest absolute Gasteiger partial charge is 0.416 e. The maximum atomic E-state index is 12.6. The van der Waals surface area contributed by atoms with E-state index in [1.165, 1.54) is 22.5 Å². The summed E-state index contributed by atoms with van der Waals surface area (Å²) in [6, 6.07) is 8.79. The fourth-order valence-corrected chi connectivity index (χ4v) is 3.76. The molecule has 26 heavy (non-hydrogen) atoms. The number of benzene rings is 2. The lowest BCUT2D eigenvalue weighted by atomic mass is 10.1. The highest BCUT2D eigenvalue weighted by molar-refractivity contribution is 7.92. The minimum Gasteiger partial charge on any atom is -0.322 e. The highest BCUT2D eigenvalue weighted by atomic mass is 32.2. The molecular weight excluding hydrogens is 369 g/mol. The molecule has 9 heteroatoms. The topological polar surface area (TPSA) is 66.5 Å². The Bertz CT molecular complexity index is 954. The lowest BCUT2D eigenvalue weighted by molar-refractivity contribution is -0.137. The van der Waals surface area contributed by atoms with Gasteiger partial charge in [0.2, 0.25) is 10.0 Å². The third-order valence-corrected chi connectivity index (χ3v) is 5.24. The van der Waals surface area contributed by atoms with E-state index in [1.54, 1.807) is 12.1 Å². The van der Waals surface area contributed by atoms with Gasteiger partial charge in [-0.25, -0.2) is 8.42 Å². The van der Waals surface area contributed by atoms with Crippen LogP contribution in [0.25, 0.3) is 0 Å². The summed E-state index contributed by atoms with van der Waals surface area (Å²) in [6.07, 6.45) is -2.83. The molecule has 1 amide bonds. The molecule has 138 valence electrons. The van der Waals surface area contributed by atoms with Crippen LogP contribution in [-0.4, -0.2) is 27.1 Å². The molecule has 0 saturated heterocycles. The zero-order valence-corrected chi connectivity index (χ0v) is 14.5. The average Bonchev–Trinajstić information content (AvgIpc) is 2.97. The zero-order valence-electron chi connectivity index (χ0n) is 13.7. The first-order valence-corrected chi connectivity index (χ1v) is 9.50. The van der Waals surface area contributed by atoms with Gasteiger partial charge in [-0.2, -0.15) is 13.2 Å². The van der Waals surface area contributed by atoms with Gasteiger partial charge >= 0.3 is 6.18 Å². The minimum absolute atomic E-state index is 0.237. The number of amides is 1. The van der Waals surface area contributed by atoms with Crippen molar-refractivity contribution < 1.29 is 26.4 Å². The summed E-state index contributed by atoms with van der Waals surface area (Å²) in [7, 11) is -3.37. The normalized spacial score (nSPS) is 14.2. The molecule has 0 atom stereocenters.